The number of allylic oxidation sites excluding steroid dienone is 1. The first-order valence-electron chi connectivity index (χ1n) is 12.2. The van der Waals surface area contributed by atoms with Gasteiger partial charge in [0, 0.05) is 19.3 Å². The summed E-state index contributed by atoms with van der Waals surface area (Å²) in [5.74, 6) is 1.68. The molecule has 0 saturated carbocycles. The van der Waals surface area contributed by atoms with E-state index in [4.69, 9.17) is 18.9 Å². The van der Waals surface area contributed by atoms with E-state index >= 15 is 0 Å². The van der Waals surface area contributed by atoms with Gasteiger partial charge in [-0.05, 0) is 73.9 Å². The topological polar surface area (TPSA) is 57.2 Å². The van der Waals surface area contributed by atoms with Crippen molar-refractivity contribution in [3.8, 4) is 11.5 Å². The van der Waals surface area contributed by atoms with Crippen LogP contribution in [0.2, 0.25) is 0 Å². The summed E-state index contributed by atoms with van der Waals surface area (Å²) < 4.78 is 22.0. The van der Waals surface area contributed by atoms with Crippen LogP contribution in [0.5, 0.6) is 11.5 Å². The summed E-state index contributed by atoms with van der Waals surface area (Å²) >= 11 is 0. The van der Waals surface area contributed by atoms with Gasteiger partial charge in [-0.2, -0.15) is 0 Å². The molecule has 0 radical (unpaired) electrons. The number of aliphatic hydroxyl groups is 1. The number of ether oxygens (including phenoxy) is 4. The van der Waals surface area contributed by atoms with Gasteiger partial charge in [0.1, 0.15) is 11.5 Å². The lowest BCUT2D eigenvalue weighted by molar-refractivity contribution is 0.0182. The van der Waals surface area contributed by atoms with Gasteiger partial charge < -0.3 is 24.1 Å². The van der Waals surface area contributed by atoms with Crippen molar-refractivity contribution in [1.29, 1.82) is 0 Å². The summed E-state index contributed by atoms with van der Waals surface area (Å²) in [6.45, 7) is 9.55. The van der Waals surface area contributed by atoms with E-state index in [1.807, 2.05) is 38.1 Å². The SMILES string of the molecule is CCOCOc1cc(/C=C/c2cccc(/C=C/CCCC(O)C(C)C)c2)cc(OCOCC)c1. The van der Waals surface area contributed by atoms with Gasteiger partial charge in [0.25, 0.3) is 0 Å². The molecule has 2 rings (SSSR count). The quantitative estimate of drug-likeness (QED) is 0.167. The predicted molar refractivity (Wildman–Crippen MR) is 140 cm³/mol. The molecule has 5 heteroatoms. The van der Waals surface area contributed by atoms with Gasteiger partial charge in [-0.3, -0.25) is 0 Å². The van der Waals surface area contributed by atoms with Gasteiger partial charge in [0.2, 0.25) is 0 Å². The molecular formula is C29H40O5. The van der Waals surface area contributed by atoms with Gasteiger partial charge in [-0.25, -0.2) is 0 Å². The summed E-state index contributed by atoms with van der Waals surface area (Å²) in [5.41, 5.74) is 3.22. The van der Waals surface area contributed by atoms with E-state index in [-0.39, 0.29) is 19.7 Å². The Morgan fingerprint density at radius 1 is 0.794 bits per heavy atom. The highest BCUT2D eigenvalue weighted by Crippen LogP contribution is 2.25. The Kier molecular flexibility index (Phi) is 13.1. The van der Waals surface area contributed by atoms with Crippen molar-refractivity contribution >= 4 is 18.2 Å². The number of hydrogen-bond acceptors (Lipinski definition) is 5. The van der Waals surface area contributed by atoms with E-state index in [1.165, 1.54) is 0 Å². The summed E-state index contributed by atoms with van der Waals surface area (Å²) in [7, 11) is 0. The summed E-state index contributed by atoms with van der Waals surface area (Å²) in [6, 6.07) is 14.1. The Labute approximate surface area is 205 Å². The molecule has 0 aliphatic carbocycles. The van der Waals surface area contributed by atoms with Crippen molar-refractivity contribution < 1.29 is 24.1 Å². The standard InChI is InChI=1S/C29H40O5/c1-5-31-21-33-27-18-26(19-28(20-27)34-22-32-6-2)16-15-25-13-10-12-24(17-25)11-8-7-9-14-29(30)23(3)4/h8,10-13,15-20,23,29-30H,5-7,9,14,21-22H2,1-4H3/b11-8+,16-15+. The Balaban J connectivity index is 2.03. The van der Waals surface area contributed by atoms with Crippen LogP contribution in [0.15, 0.2) is 48.5 Å². The van der Waals surface area contributed by atoms with Crippen LogP contribution >= 0.6 is 0 Å². The van der Waals surface area contributed by atoms with E-state index in [9.17, 15) is 5.11 Å². The van der Waals surface area contributed by atoms with E-state index < -0.39 is 0 Å². The third-order valence-electron chi connectivity index (χ3n) is 5.26. The first kappa shape index (κ1) is 27.6. The highest BCUT2D eigenvalue weighted by molar-refractivity contribution is 5.72. The first-order chi connectivity index (χ1) is 16.5. The van der Waals surface area contributed by atoms with Gasteiger partial charge in [0.05, 0.1) is 6.10 Å². The molecule has 0 heterocycles. The lowest BCUT2D eigenvalue weighted by atomic mass is 10.0. The van der Waals surface area contributed by atoms with Crippen molar-refractivity contribution in [3.63, 3.8) is 0 Å². The van der Waals surface area contributed by atoms with Crippen LogP contribution in [0.25, 0.3) is 18.2 Å². The molecule has 34 heavy (non-hydrogen) atoms. The fraction of sp³-hybridized carbons (Fsp3) is 0.448. The van der Waals surface area contributed by atoms with Crippen LogP contribution in [-0.4, -0.2) is 38.0 Å². The molecule has 0 amide bonds. The molecular weight excluding hydrogens is 428 g/mol. The lowest BCUT2D eigenvalue weighted by Gasteiger charge is -2.12. The summed E-state index contributed by atoms with van der Waals surface area (Å²) in [5, 5.41) is 9.91. The molecule has 1 atom stereocenters. The highest BCUT2D eigenvalue weighted by atomic mass is 16.7. The molecule has 186 valence electrons. The third kappa shape index (κ3) is 11.0. The molecule has 5 nitrogen and oxygen atoms in total. The van der Waals surface area contributed by atoms with Crippen LogP contribution in [-0.2, 0) is 9.47 Å². The van der Waals surface area contributed by atoms with E-state index in [0.29, 0.717) is 30.6 Å². The number of aliphatic hydroxyl groups excluding tert-OH is 1. The van der Waals surface area contributed by atoms with Crippen LogP contribution in [0, 0.1) is 5.92 Å². The minimum atomic E-state index is -0.213. The second-order valence-corrected chi connectivity index (χ2v) is 8.40. The summed E-state index contributed by atoms with van der Waals surface area (Å²) in [4.78, 5) is 0. The molecule has 0 spiro atoms. The van der Waals surface area contributed by atoms with Crippen LogP contribution < -0.4 is 9.47 Å². The largest absolute Gasteiger partial charge is 0.467 e. The average molecular weight is 469 g/mol. The average Bonchev–Trinajstić information content (AvgIpc) is 2.83. The minimum absolute atomic E-state index is 0.194. The fourth-order valence-electron chi connectivity index (χ4n) is 3.20. The molecule has 0 aromatic heterocycles. The molecule has 1 N–H and O–H groups in total. The van der Waals surface area contributed by atoms with Gasteiger partial charge >= 0.3 is 0 Å². The first-order valence-corrected chi connectivity index (χ1v) is 12.2. The maximum atomic E-state index is 9.91. The number of benzene rings is 2. The van der Waals surface area contributed by atoms with Crippen molar-refractivity contribution in [2.75, 3.05) is 26.8 Å². The predicted octanol–water partition coefficient (Wildman–Crippen LogP) is 6.80. The van der Waals surface area contributed by atoms with E-state index in [2.05, 4.69) is 56.3 Å². The zero-order valence-corrected chi connectivity index (χ0v) is 21.0. The van der Waals surface area contributed by atoms with Gasteiger partial charge in [-0.15, -0.1) is 0 Å². The zero-order valence-electron chi connectivity index (χ0n) is 21.0. The molecule has 0 bridgehead atoms. The van der Waals surface area contributed by atoms with Crippen molar-refractivity contribution in [2.24, 2.45) is 5.92 Å². The number of hydrogen-bond donors (Lipinski definition) is 1. The van der Waals surface area contributed by atoms with Crippen LogP contribution in [0.3, 0.4) is 0 Å². The molecule has 0 aliphatic heterocycles. The molecule has 1 unspecified atom stereocenters. The maximum Gasteiger partial charge on any atom is 0.189 e. The highest BCUT2D eigenvalue weighted by Gasteiger charge is 2.07. The van der Waals surface area contributed by atoms with Gasteiger partial charge in [0.15, 0.2) is 13.6 Å². The van der Waals surface area contributed by atoms with Crippen molar-refractivity contribution in [1.82, 2.24) is 0 Å². The Morgan fingerprint density at radius 2 is 1.38 bits per heavy atom. The minimum Gasteiger partial charge on any atom is -0.467 e. The monoisotopic (exact) mass is 468 g/mol. The molecule has 0 aliphatic rings. The third-order valence-corrected chi connectivity index (χ3v) is 5.26. The fourth-order valence-corrected chi connectivity index (χ4v) is 3.20. The second-order valence-electron chi connectivity index (χ2n) is 8.40. The summed E-state index contributed by atoms with van der Waals surface area (Å²) in [6.07, 6.45) is 11.0. The van der Waals surface area contributed by atoms with Crippen LogP contribution in [0.4, 0.5) is 0 Å². The second kappa shape index (κ2) is 16.1. The molecule has 2 aromatic rings. The van der Waals surface area contributed by atoms with E-state index in [1.54, 1.807) is 0 Å². The maximum absolute atomic E-state index is 9.91. The number of rotatable bonds is 16. The van der Waals surface area contributed by atoms with Crippen LogP contribution in [0.1, 0.15) is 63.6 Å². The lowest BCUT2D eigenvalue weighted by Crippen LogP contribution is -2.13. The van der Waals surface area contributed by atoms with Crippen molar-refractivity contribution in [3.05, 3.63) is 65.2 Å². The van der Waals surface area contributed by atoms with Gasteiger partial charge in [-0.1, -0.05) is 56.4 Å². The molecule has 0 fully saturated rings. The Bertz CT molecular complexity index is 860. The molecule has 0 saturated heterocycles. The zero-order chi connectivity index (χ0) is 24.6. The number of unbranched alkanes of at least 4 members (excludes halogenated alkanes) is 1. The normalized spacial score (nSPS) is 12.6. The Hall–Kier alpha value is -2.60. The van der Waals surface area contributed by atoms with E-state index in [0.717, 1.165) is 36.0 Å². The smallest absolute Gasteiger partial charge is 0.189 e. The molecule has 2 aromatic carbocycles. The van der Waals surface area contributed by atoms with Crippen molar-refractivity contribution in [2.45, 2.75) is 53.1 Å². The Morgan fingerprint density at radius 3 is 1.97 bits per heavy atom.